The maximum atomic E-state index is 13.2. The Labute approximate surface area is 153 Å². The van der Waals surface area contributed by atoms with Crippen molar-refractivity contribution in [3.63, 3.8) is 0 Å². The summed E-state index contributed by atoms with van der Waals surface area (Å²) in [6.45, 7) is 0.00392. The molecule has 0 radical (unpaired) electrons. The van der Waals surface area contributed by atoms with Gasteiger partial charge in [-0.15, -0.1) is 0 Å². The van der Waals surface area contributed by atoms with E-state index in [2.05, 4.69) is 10.0 Å². The van der Waals surface area contributed by atoms with Crippen molar-refractivity contribution < 1.29 is 26.4 Å². The molecule has 0 aliphatic carbocycles. The first kappa shape index (κ1) is 18.7. The van der Waals surface area contributed by atoms with Gasteiger partial charge in [-0.1, -0.05) is 0 Å². The molecule has 0 saturated heterocycles. The predicted molar refractivity (Wildman–Crippen MR) is 93.5 cm³/mol. The number of carbonyl (C=O) groups excluding carboxylic acids is 1. The third-order valence-electron chi connectivity index (χ3n) is 3.62. The van der Waals surface area contributed by atoms with Gasteiger partial charge in [0.05, 0.1) is 17.7 Å². The smallest absolute Gasteiger partial charge is 0.255 e. The van der Waals surface area contributed by atoms with Gasteiger partial charge in [-0.05, 0) is 54.6 Å². The van der Waals surface area contributed by atoms with Crippen molar-refractivity contribution >= 4 is 21.6 Å². The van der Waals surface area contributed by atoms with Crippen molar-refractivity contribution in [3.8, 4) is 0 Å². The molecule has 0 aliphatic rings. The first-order valence-electron chi connectivity index (χ1n) is 7.74. The van der Waals surface area contributed by atoms with E-state index in [0.717, 1.165) is 18.2 Å². The molecule has 1 aromatic heterocycles. The highest BCUT2D eigenvalue weighted by molar-refractivity contribution is 7.89. The number of anilines is 1. The van der Waals surface area contributed by atoms with Crippen LogP contribution >= 0.6 is 0 Å². The SMILES string of the molecule is O=C(Nc1ccc(S(=O)(=O)NCc2ccco2)cc1)c1ccc(F)c(F)c1. The van der Waals surface area contributed by atoms with Crippen LogP contribution in [0.1, 0.15) is 16.1 Å². The van der Waals surface area contributed by atoms with Gasteiger partial charge in [-0.2, -0.15) is 0 Å². The van der Waals surface area contributed by atoms with Crippen LogP contribution in [-0.2, 0) is 16.6 Å². The van der Waals surface area contributed by atoms with Crippen molar-refractivity contribution in [3.05, 3.63) is 83.8 Å². The minimum atomic E-state index is -3.76. The quantitative estimate of drug-likeness (QED) is 0.674. The fourth-order valence-electron chi connectivity index (χ4n) is 2.22. The summed E-state index contributed by atoms with van der Waals surface area (Å²) < 4.78 is 58.0. The molecule has 3 aromatic rings. The zero-order valence-electron chi connectivity index (χ0n) is 13.8. The Morgan fingerprint density at radius 3 is 2.37 bits per heavy atom. The number of nitrogens with one attached hydrogen (secondary N) is 2. The highest BCUT2D eigenvalue weighted by Gasteiger charge is 2.15. The van der Waals surface area contributed by atoms with Gasteiger partial charge in [0, 0.05) is 11.3 Å². The van der Waals surface area contributed by atoms with Crippen molar-refractivity contribution in [2.45, 2.75) is 11.4 Å². The Bertz CT molecular complexity index is 1050. The standard InChI is InChI=1S/C18H14F2N2O4S/c19-16-8-3-12(10-17(16)20)18(23)22-13-4-6-15(7-5-13)27(24,25)21-11-14-2-1-9-26-14/h1-10,21H,11H2,(H,22,23). The summed E-state index contributed by atoms with van der Waals surface area (Å²) in [5.41, 5.74) is 0.237. The summed E-state index contributed by atoms with van der Waals surface area (Å²) >= 11 is 0. The van der Waals surface area contributed by atoms with E-state index in [9.17, 15) is 22.0 Å². The van der Waals surface area contributed by atoms with E-state index in [-0.39, 0.29) is 17.0 Å². The molecule has 0 aliphatic heterocycles. The predicted octanol–water partition coefficient (Wildman–Crippen LogP) is 3.29. The molecule has 6 nitrogen and oxygen atoms in total. The lowest BCUT2D eigenvalue weighted by molar-refractivity contribution is 0.102. The second-order valence-corrected chi connectivity index (χ2v) is 7.28. The van der Waals surface area contributed by atoms with Crippen LogP contribution < -0.4 is 10.0 Å². The Morgan fingerprint density at radius 2 is 1.74 bits per heavy atom. The second-order valence-electron chi connectivity index (χ2n) is 5.51. The van der Waals surface area contributed by atoms with Crippen LogP contribution in [0, 0.1) is 11.6 Å². The van der Waals surface area contributed by atoms with E-state index < -0.39 is 27.6 Å². The molecule has 140 valence electrons. The minimum absolute atomic E-state index is 0.000110. The molecule has 2 aromatic carbocycles. The molecular formula is C18H14F2N2O4S. The largest absolute Gasteiger partial charge is 0.468 e. The summed E-state index contributed by atoms with van der Waals surface area (Å²) in [5, 5.41) is 2.48. The van der Waals surface area contributed by atoms with Crippen molar-refractivity contribution in [1.82, 2.24) is 4.72 Å². The van der Waals surface area contributed by atoms with E-state index in [1.807, 2.05) is 0 Å². The van der Waals surface area contributed by atoms with E-state index in [0.29, 0.717) is 11.4 Å². The van der Waals surface area contributed by atoms with Crippen molar-refractivity contribution in [2.75, 3.05) is 5.32 Å². The Hall–Kier alpha value is -3.04. The maximum absolute atomic E-state index is 13.2. The molecule has 1 amide bonds. The van der Waals surface area contributed by atoms with Crippen LogP contribution in [-0.4, -0.2) is 14.3 Å². The minimum Gasteiger partial charge on any atom is -0.468 e. The van der Waals surface area contributed by atoms with E-state index in [4.69, 9.17) is 4.42 Å². The molecule has 2 N–H and O–H groups in total. The molecule has 0 saturated carbocycles. The fraction of sp³-hybridized carbons (Fsp3) is 0.0556. The van der Waals surface area contributed by atoms with Gasteiger partial charge in [-0.25, -0.2) is 21.9 Å². The number of sulfonamides is 1. The number of furan rings is 1. The number of hydrogen-bond donors (Lipinski definition) is 2. The molecule has 0 atom stereocenters. The molecule has 3 rings (SSSR count). The summed E-state index contributed by atoms with van der Waals surface area (Å²) in [6, 6.07) is 11.5. The van der Waals surface area contributed by atoms with Crippen LogP contribution in [0.25, 0.3) is 0 Å². The lowest BCUT2D eigenvalue weighted by Gasteiger charge is -2.08. The van der Waals surface area contributed by atoms with Crippen LogP contribution in [0.3, 0.4) is 0 Å². The van der Waals surface area contributed by atoms with Crippen molar-refractivity contribution in [1.29, 1.82) is 0 Å². The monoisotopic (exact) mass is 392 g/mol. The zero-order valence-corrected chi connectivity index (χ0v) is 14.6. The third-order valence-corrected chi connectivity index (χ3v) is 5.04. The van der Waals surface area contributed by atoms with Crippen LogP contribution in [0.15, 0.2) is 70.2 Å². The lowest BCUT2D eigenvalue weighted by atomic mass is 10.2. The molecule has 1 heterocycles. The molecule has 0 fully saturated rings. The Balaban J connectivity index is 1.67. The molecule has 0 bridgehead atoms. The number of carbonyl (C=O) groups is 1. The van der Waals surface area contributed by atoms with Crippen LogP contribution in [0.4, 0.5) is 14.5 Å². The fourth-order valence-corrected chi connectivity index (χ4v) is 3.21. The van der Waals surface area contributed by atoms with Gasteiger partial charge in [0.25, 0.3) is 5.91 Å². The van der Waals surface area contributed by atoms with Gasteiger partial charge >= 0.3 is 0 Å². The van der Waals surface area contributed by atoms with E-state index in [1.165, 1.54) is 30.5 Å². The third kappa shape index (κ3) is 4.57. The number of hydrogen-bond acceptors (Lipinski definition) is 4. The van der Waals surface area contributed by atoms with Crippen LogP contribution in [0.2, 0.25) is 0 Å². The number of halogens is 2. The Kier molecular flexibility index (Phi) is 5.33. The highest BCUT2D eigenvalue weighted by atomic mass is 32.2. The lowest BCUT2D eigenvalue weighted by Crippen LogP contribution is -2.23. The summed E-state index contributed by atoms with van der Waals surface area (Å²) in [7, 11) is -3.76. The van der Waals surface area contributed by atoms with Gasteiger partial charge in [-0.3, -0.25) is 4.79 Å². The highest BCUT2D eigenvalue weighted by Crippen LogP contribution is 2.16. The number of benzene rings is 2. The van der Waals surface area contributed by atoms with Gasteiger partial charge in [0.15, 0.2) is 11.6 Å². The maximum Gasteiger partial charge on any atom is 0.255 e. The Morgan fingerprint density at radius 1 is 1.00 bits per heavy atom. The average Bonchev–Trinajstić information content (AvgIpc) is 3.16. The number of rotatable bonds is 6. The first-order valence-corrected chi connectivity index (χ1v) is 9.22. The normalized spacial score (nSPS) is 11.3. The molecular weight excluding hydrogens is 378 g/mol. The summed E-state index contributed by atoms with van der Waals surface area (Å²) in [4.78, 5) is 12.1. The second kappa shape index (κ2) is 7.68. The van der Waals surface area contributed by atoms with E-state index in [1.54, 1.807) is 12.1 Å². The topological polar surface area (TPSA) is 88.4 Å². The average molecular weight is 392 g/mol. The van der Waals surface area contributed by atoms with Crippen LogP contribution in [0.5, 0.6) is 0 Å². The van der Waals surface area contributed by atoms with Gasteiger partial charge in [0.1, 0.15) is 5.76 Å². The van der Waals surface area contributed by atoms with Gasteiger partial charge in [0.2, 0.25) is 10.0 Å². The molecule has 9 heteroatoms. The molecule has 27 heavy (non-hydrogen) atoms. The van der Waals surface area contributed by atoms with Crippen molar-refractivity contribution in [2.24, 2.45) is 0 Å². The first-order chi connectivity index (χ1) is 12.8. The molecule has 0 unspecified atom stereocenters. The molecule has 0 spiro atoms. The van der Waals surface area contributed by atoms with Gasteiger partial charge < -0.3 is 9.73 Å². The van der Waals surface area contributed by atoms with E-state index >= 15 is 0 Å². The zero-order chi connectivity index (χ0) is 19.4. The summed E-state index contributed by atoms with van der Waals surface area (Å²) in [5.74, 6) is -2.37. The number of amides is 1. The summed E-state index contributed by atoms with van der Waals surface area (Å²) in [6.07, 6.45) is 1.44.